The first-order chi connectivity index (χ1) is 10.2. The summed E-state index contributed by atoms with van der Waals surface area (Å²) in [7, 11) is -0.560. The smallest absolute Gasteiger partial charge is 0.242 e. The van der Waals surface area contributed by atoms with Crippen molar-refractivity contribution in [3.8, 4) is 0 Å². The minimum Gasteiger partial charge on any atom is -0.328 e. The van der Waals surface area contributed by atoms with Crippen LogP contribution < -0.4 is 11.1 Å². The minimum atomic E-state index is -3.53. The van der Waals surface area contributed by atoms with Gasteiger partial charge >= 0.3 is 0 Å². The average molecular weight is 325 g/mol. The van der Waals surface area contributed by atoms with Gasteiger partial charge in [0, 0.05) is 31.7 Å². The number of aryl methyl sites for hydroxylation is 1. The van der Waals surface area contributed by atoms with E-state index in [1.165, 1.54) is 20.2 Å². The fraction of sp³-hybridized carbons (Fsp3) is 0.533. The molecule has 0 radical (unpaired) electrons. The van der Waals surface area contributed by atoms with Crippen LogP contribution in [0.1, 0.15) is 24.8 Å². The van der Waals surface area contributed by atoms with E-state index in [2.05, 4.69) is 5.32 Å². The van der Waals surface area contributed by atoms with Crippen molar-refractivity contribution in [1.29, 1.82) is 0 Å². The van der Waals surface area contributed by atoms with Crippen LogP contribution in [0.25, 0.3) is 0 Å². The first kappa shape index (κ1) is 16.9. The van der Waals surface area contributed by atoms with Crippen molar-refractivity contribution in [2.24, 2.45) is 11.7 Å². The zero-order valence-electron chi connectivity index (χ0n) is 13.2. The molecule has 6 nitrogen and oxygen atoms in total. The van der Waals surface area contributed by atoms with Crippen LogP contribution in [0.15, 0.2) is 23.1 Å². The molecule has 122 valence electrons. The first-order valence-corrected chi connectivity index (χ1v) is 8.75. The SMILES string of the molecule is Cc1ccc(NC(=O)C2CCC(N)C2)cc1S(=O)(=O)N(C)C. The number of sulfonamides is 1. The third-order valence-corrected chi connectivity index (χ3v) is 6.02. The van der Waals surface area contributed by atoms with Crippen LogP contribution >= 0.6 is 0 Å². The van der Waals surface area contributed by atoms with Gasteiger partial charge in [0.1, 0.15) is 0 Å². The highest BCUT2D eigenvalue weighted by Crippen LogP contribution is 2.27. The molecule has 0 heterocycles. The van der Waals surface area contributed by atoms with Crippen LogP contribution in [-0.2, 0) is 14.8 Å². The topological polar surface area (TPSA) is 92.5 Å². The Labute approximate surface area is 131 Å². The second-order valence-electron chi connectivity index (χ2n) is 6.03. The Kier molecular flexibility index (Phi) is 4.89. The van der Waals surface area contributed by atoms with E-state index >= 15 is 0 Å². The molecule has 1 amide bonds. The maximum absolute atomic E-state index is 12.3. The van der Waals surface area contributed by atoms with E-state index < -0.39 is 10.0 Å². The second kappa shape index (κ2) is 6.36. The zero-order valence-corrected chi connectivity index (χ0v) is 14.0. The van der Waals surface area contributed by atoms with Gasteiger partial charge in [0.2, 0.25) is 15.9 Å². The molecular formula is C15H23N3O3S. The molecule has 1 aromatic rings. The molecule has 3 N–H and O–H groups in total. The number of carbonyl (C=O) groups is 1. The third-order valence-electron chi connectivity index (χ3n) is 4.06. The van der Waals surface area contributed by atoms with Gasteiger partial charge in [-0.3, -0.25) is 4.79 Å². The van der Waals surface area contributed by atoms with Crippen molar-refractivity contribution in [3.05, 3.63) is 23.8 Å². The normalized spacial score (nSPS) is 22.0. The van der Waals surface area contributed by atoms with Crippen molar-refractivity contribution in [3.63, 3.8) is 0 Å². The molecule has 0 spiro atoms. The number of benzene rings is 1. The Morgan fingerprint density at radius 2 is 2.00 bits per heavy atom. The lowest BCUT2D eigenvalue weighted by Gasteiger charge is -2.16. The molecule has 1 aliphatic carbocycles. The van der Waals surface area contributed by atoms with Crippen LogP contribution in [0.4, 0.5) is 5.69 Å². The molecule has 1 fully saturated rings. The molecule has 1 aliphatic rings. The van der Waals surface area contributed by atoms with Crippen molar-refractivity contribution < 1.29 is 13.2 Å². The molecular weight excluding hydrogens is 302 g/mol. The zero-order chi connectivity index (χ0) is 16.5. The lowest BCUT2D eigenvalue weighted by atomic mass is 10.1. The van der Waals surface area contributed by atoms with Crippen molar-refractivity contribution in [2.45, 2.75) is 37.1 Å². The van der Waals surface area contributed by atoms with Crippen LogP contribution in [-0.4, -0.2) is 38.8 Å². The Morgan fingerprint density at radius 3 is 2.55 bits per heavy atom. The summed E-state index contributed by atoms with van der Waals surface area (Å²) in [4.78, 5) is 12.4. The molecule has 2 unspecified atom stereocenters. The number of nitrogens with two attached hydrogens (primary N) is 1. The molecule has 0 saturated heterocycles. The van der Waals surface area contributed by atoms with Gasteiger partial charge in [-0.05, 0) is 43.9 Å². The standard InChI is InChI=1S/C15H23N3O3S/c1-10-4-7-13(9-14(10)22(20,21)18(2)3)17-15(19)11-5-6-12(16)8-11/h4,7,9,11-12H,5-6,8,16H2,1-3H3,(H,17,19). The van der Waals surface area contributed by atoms with Gasteiger partial charge < -0.3 is 11.1 Å². The highest BCUT2D eigenvalue weighted by Gasteiger charge is 2.28. The maximum atomic E-state index is 12.3. The predicted molar refractivity (Wildman–Crippen MR) is 86.0 cm³/mol. The van der Waals surface area contributed by atoms with Crippen LogP contribution in [0.2, 0.25) is 0 Å². The summed E-state index contributed by atoms with van der Waals surface area (Å²) in [5, 5.41) is 2.81. The van der Waals surface area contributed by atoms with E-state index in [1.54, 1.807) is 19.1 Å². The monoisotopic (exact) mass is 325 g/mol. The summed E-state index contributed by atoms with van der Waals surface area (Å²) in [5.74, 6) is -0.185. The largest absolute Gasteiger partial charge is 0.328 e. The highest BCUT2D eigenvalue weighted by atomic mass is 32.2. The summed E-state index contributed by atoms with van der Waals surface area (Å²) < 4.78 is 25.7. The maximum Gasteiger partial charge on any atom is 0.242 e. The summed E-state index contributed by atoms with van der Waals surface area (Å²) >= 11 is 0. The third kappa shape index (κ3) is 3.48. The lowest BCUT2D eigenvalue weighted by molar-refractivity contribution is -0.119. The van der Waals surface area contributed by atoms with Crippen LogP contribution in [0.3, 0.4) is 0 Å². The number of carbonyl (C=O) groups excluding carboxylic acids is 1. The first-order valence-electron chi connectivity index (χ1n) is 7.31. The molecule has 1 saturated carbocycles. The number of nitrogens with one attached hydrogen (secondary N) is 1. The minimum absolute atomic E-state index is 0.0819. The number of rotatable bonds is 4. The molecule has 2 atom stereocenters. The van der Waals surface area contributed by atoms with Gasteiger partial charge in [0.05, 0.1) is 4.90 Å². The quantitative estimate of drug-likeness (QED) is 0.873. The van der Waals surface area contributed by atoms with Crippen molar-refractivity contribution in [2.75, 3.05) is 19.4 Å². The van der Waals surface area contributed by atoms with E-state index in [-0.39, 0.29) is 22.8 Å². The Hall–Kier alpha value is -1.44. The van der Waals surface area contributed by atoms with Crippen LogP contribution in [0, 0.1) is 12.8 Å². The van der Waals surface area contributed by atoms with Crippen molar-refractivity contribution in [1.82, 2.24) is 4.31 Å². The lowest BCUT2D eigenvalue weighted by Crippen LogP contribution is -2.25. The van der Waals surface area contributed by atoms with E-state index in [4.69, 9.17) is 5.73 Å². The van der Waals surface area contributed by atoms with E-state index in [9.17, 15) is 13.2 Å². The molecule has 0 bridgehead atoms. The number of hydrogen-bond acceptors (Lipinski definition) is 4. The average Bonchev–Trinajstić information content (AvgIpc) is 2.87. The number of hydrogen-bond donors (Lipinski definition) is 2. The number of amides is 1. The molecule has 0 aliphatic heterocycles. The van der Waals surface area contributed by atoms with E-state index in [0.717, 1.165) is 17.1 Å². The van der Waals surface area contributed by atoms with Gasteiger partial charge in [0.15, 0.2) is 0 Å². The van der Waals surface area contributed by atoms with Gasteiger partial charge in [-0.2, -0.15) is 0 Å². The van der Waals surface area contributed by atoms with E-state index in [0.29, 0.717) is 17.7 Å². The Balaban J connectivity index is 2.21. The van der Waals surface area contributed by atoms with Gasteiger partial charge in [-0.1, -0.05) is 6.07 Å². The van der Waals surface area contributed by atoms with Gasteiger partial charge in [-0.15, -0.1) is 0 Å². The number of nitrogens with zero attached hydrogens (tertiary/aromatic N) is 1. The fourth-order valence-corrected chi connectivity index (χ4v) is 3.80. The summed E-state index contributed by atoms with van der Waals surface area (Å²) in [6, 6.07) is 5.01. The summed E-state index contributed by atoms with van der Waals surface area (Å²) in [6.45, 7) is 1.73. The predicted octanol–water partition coefficient (Wildman–Crippen LogP) is 1.31. The molecule has 0 aromatic heterocycles. The van der Waals surface area contributed by atoms with E-state index in [1.807, 2.05) is 0 Å². The van der Waals surface area contributed by atoms with Gasteiger partial charge in [-0.25, -0.2) is 12.7 Å². The van der Waals surface area contributed by atoms with Crippen LogP contribution in [0.5, 0.6) is 0 Å². The Bertz CT molecular complexity index is 671. The van der Waals surface area contributed by atoms with Gasteiger partial charge in [0.25, 0.3) is 0 Å². The van der Waals surface area contributed by atoms with Crippen molar-refractivity contribution >= 4 is 21.6 Å². The highest BCUT2D eigenvalue weighted by molar-refractivity contribution is 7.89. The molecule has 7 heteroatoms. The molecule has 22 heavy (non-hydrogen) atoms. The molecule has 1 aromatic carbocycles. The number of anilines is 1. The second-order valence-corrected chi connectivity index (χ2v) is 8.15. The Morgan fingerprint density at radius 1 is 1.32 bits per heavy atom. The summed E-state index contributed by atoms with van der Waals surface area (Å²) in [6.07, 6.45) is 2.31. The fourth-order valence-electron chi connectivity index (χ4n) is 2.65. The summed E-state index contributed by atoms with van der Waals surface area (Å²) in [5.41, 5.74) is 6.97. The molecule has 2 rings (SSSR count).